The highest BCUT2D eigenvalue weighted by molar-refractivity contribution is 5.95. The lowest BCUT2D eigenvalue weighted by Gasteiger charge is -2.24. The van der Waals surface area contributed by atoms with Crippen molar-refractivity contribution < 1.29 is 9.53 Å². The van der Waals surface area contributed by atoms with Crippen molar-refractivity contribution in [1.82, 2.24) is 5.32 Å². The average Bonchev–Trinajstić information content (AvgIpc) is 2.94. The van der Waals surface area contributed by atoms with Gasteiger partial charge in [-0.15, -0.1) is 0 Å². The summed E-state index contributed by atoms with van der Waals surface area (Å²) in [5.41, 5.74) is 2.30. The fourth-order valence-electron chi connectivity index (χ4n) is 2.77. The van der Waals surface area contributed by atoms with Gasteiger partial charge < -0.3 is 10.1 Å². The van der Waals surface area contributed by atoms with E-state index in [1.165, 1.54) is 5.56 Å². The average molecular weight is 246 g/mol. The molecular weight excluding hydrogens is 228 g/mol. The molecule has 0 spiro atoms. The topological polar surface area (TPSA) is 41.6 Å². The van der Waals surface area contributed by atoms with Crippen LogP contribution in [-0.2, 0) is 11.2 Å². The summed E-state index contributed by atoms with van der Waals surface area (Å²) in [6, 6.07) is 8.51. The van der Waals surface area contributed by atoms with E-state index in [0.717, 1.165) is 25.1 Å². The van der Waals surface area contributed by atoms with Gasteiger partial charge in [0.05, 0.1) is 12.6 Å². The number of nitrogens with zero attached hydrogens (tertiary/aromatic N) is 1. The van der Waals surface area contributed by atoms with Gasteiger partial charge in [0.15, 0.2) is 0 Å². The number of para-hydroxylation sites is 1. The fraction of sp³-hybridized carbons (Fsp3) is 0.500. The predicted molar refractivity (Wildman–Crippen MR) is 69.8 cm³/mol. The van der Waals surface area contributed by atoms with Crippen LogP contribution in [-0.4, -0.2) is 31.3 Å². The van der Waals surface area contributed by atoms with Crippen molar-refractivity contribution in [3.63, 3.8) is 0 Å². The van der Waals surface area contributed by atoms with E-state index in [1.807, 2.05) is 23.1 Å². The Bertz CT molecular complexity index is 455. The van der Waals surface area contributed by atoms with Crippen LogP contribution >= 0.6 is 0 Å². The van der Waals surface area contributed by atoms with Crippen molar-refractivity contribution in [1.29, 1.82) is 0 Å². The molecule has 4 nitrogen and oxygen atoms in total. The zero-order chi connectivity index (χ0) is 12.5. The number of urea groups is 1. The highest BCUT2D eigenvalue weighted by atomic mass is 16.5. The Labute approximate surface area is 107 Å². The summed E-state index contributed by atoms with van der Waals surface area (Å²) in [6.45, 7) is 3.47. The predicted octanol–water partition coefficient (Wildman–Crippen LogP) is 1.94. The Morgan fingerprint density at radius 3 is 3.06 bits per heavy atom. The Balaban J connectivity index is 1.77. The number of amides is 2. The van der Waals surface area contributed by atoms with Gasteiger partial charge in [0, 0.05) is 18.3 Å². The third kappa shape index (κ3) is 1.97. The van der Waals surface area contributed by atoms with Crippen molar-refractivity contribution in [2.45, 2.75) is 31.8 Å². The molecule has 1 aromatic carbocycles. The lowest BCUT2D eigenvalue weighted by Crippen LogP contribution is -2.47. The zero-order valence-electron chi connectivity index (χ0n) is 10.6. The maximum Gasteiger partial charge on any atom is 0.322 e. The smallest absolute Gasteiger partial charge is 0.322 e. The lowest BCUT2D eigenvalue weighted by atomic mass is 10.1. The highest BCUT2D eigenvalue weighted by Gasteiger charge is 2.32. The maximum absolute atomic E-state index is 12.3. The van der Waals surface area contributed by atoms with Gasteiger partial charge in [-0.1, -0.05) is 18.2 Å². The van der Waals surface area contributed by atoms with Crippen molar-refractivity contribution in [3.8, 4) is 0 Å². The minimum atomic E-state index is 0.00273. The Morgan fingerprint density at radius 1 is 1.44 bits per heavy atom. The van der Waals surface area contributed by atoms with Crippen LogP contribution in [0.1, 0.15) is 18.9 Å². The summed E-state index contributed by atoms with van der Waals surface area (Å²) in [4.78, 5) is 14.2. The third-order valence-corrected chi connectivity index (χ3v) is 3.68. The first-order chi connectivity index (χ1) is 8.75. The number of fused-ring (bicyclic) bond motifs is 1. The normalized spacial score (nSPS) is 26.2. The van der Waals surface area contributed by atoms with Crippen LogP contribution in [0.25, 0.3) is 0 Å². The van der Waals surface area contributed by atoms with Gasteiger partial charge in [0.25, 0.3) is 0 Å². The molecule has 0 saturated carbocycles. The van der Waals surface area contributed by atoms with Crippen LogP contribution in [0, 0.1) is 0 Å². The summed E-state index contributed by atoms with van der Waals surface area (Å²) < 4.78 is 5.28. The molecule has 1 aromatic rings. The quantitative estimate of drug-likeness (QED) is 0.822. The standard InChI is InChI=1S/C14H18N2O2/c1-10-8-11-4-2-3-5-13(11)16(10)14(17)15-12-6-7-18-9-12/h2-5,10,12H,6-9H2,1H3,(H,15,17). The van der Waals surface area contributed by atoms with E-state index in [1.54, 1.807) is 0 Å². The van der Waals surface area contributed by atoms with Crippen LogP contribution in [0.15, 0.2) is 24.3 Å². The van der Waals surface area contributed by atoms with E-state index in [9.17, 15) is 4.79 Å². The number of ether oxygens (including phenoxy) is 1. The first-order valence-electron chi connectivity index (χ1n) is 6.51. The third-order valence-electron chi connectivity index (χ3n) is 3.68. The molecule has 0 bridgehead atoms. The minimum absolute atomic E-state index is 0.00273. The number of rotatable bonds is 1. The largest absolute Gasteiger partial charge is 0.379 e. The molecule has 2 heterocycles. The summed E-state index contributed by atoms with van der Waals surface area (Å²) in [5, 5.41) is 3.05. The molecule has 0 radical (unpaired) electrons. The number of nitrogens with one attached hydrogen (secondary N) is 1. The first kappa shape index (κ1) is 11.5. The minimum Gasteiger partial charge on any atom is -0.379 e. The second-order valence-electron chi connectivity index (χ2n) is 5.06. The molecule has 0 aromatic heterocycles. The van der Waals surface area contributed by atoms with Gasteiger partial charge in [-0.25, -0.2) is 4.79 Å². The Kier molecular flexibility index (Phi) is 2.96. The van der Waals surface area contributed by atoms with Crippen molar-refractivity contribution in [2.75, 3.05) is 18.1 Å². The molecular formula is C14H18N2O2. The van der Waals surface area contributed by atoms with E-state index in [4.69, 9.17) is 4.74 Å². The van der Waals surface area contributed by atoms with E-state index in [0.29, 0.717) is 6.61 Å². The van der Waals surface area contributed by atoms with Crippen LogP contribution in [0.3, 0.4) is 0 Å². The summed E-state index contributed by atoms with van der Waals surface area (Å²) in [7, 11) is 0. The maximum atomic E-state index is 12.3. The summed E-state index contributed by atoms with van der Waals surface area (Å²) in [5.74, 6) is 0. The molecule has 3 rings (SSSR count). The number of carbonyl (C=O) groups excluding carboxylic acids is 1. The SMILES string of the molecule is CC1Cc2ccccc2N1C(=O)NC1CCOC1. The molecule has 1 N–H and O–H groups in total. The highest BCUT2D eigenvalue weighted by Crippen LogP contribution is 2.31. The second kappa shape index (κ2) is 4.61. The molecule has 96 valence electrons. The second-order valence-corrected chi connectivity index (χ2v) is 5.06. The molecule has 4 heteroatoms. The molecule has 2 atom stereocenters. The van der Waals surface area contributed by atoms with Gasteiger partial charge in [-0.3, -0.25) is 4.90 Å². The van der Waals surface area contributed by atoms with Gasteiger partial charge in [0.1, 0.15) is 0 Å². The van der Waals surface area contributed by atoms with Crippen LogP contribution < -0.4 is 10.2 Å². The number of carbonyl (C=O) groups is 1. The van der Waals surface area contributed by atoms with Crippen LogP contribution in [0.5, 0.6) is 0 Å². The van der Waals surface area contributed by atoms with Crippen molar-refractivity contribution in [2.24, 2.45) is 0 Å². The van der Waals surface area contributed by atoms with Gasteiger partial charge in [-0.2, -0.15) is 0 Å². The van der Waals surface area contributed by atoms with E-state index < -0.39 is 0 Å². The molecule has 2 unspecified atom stereocenters. The zero-order valence-corrected chi connectivity index (χ0v) is 10.6. The van der Waals surface area contributed by atoms with Crippen LogP contribution in [0.2, 0.25) is 0 Å². The lowest BCUT2D eigenvalue weighted by molar-refractivity contribution is 0.189. The van der Waals surface area contributed by atoms with Gasteiger partial charge in [0.2, 0.25) is 0 Å². The monoisotopic (exact) mass is 246 g/mol. The molecule has 2 aliphatic rings. The molecule has 1 fully saturated rings. The van der Waals surface area contributed by atoms with E-state index in [-0.39, 0.29) is 18.1 Å². The van der Waals surface area contributed by atoms with E-state index >= 15 is 0 Å². The van der Waals surface area contributed by atoms with Crippen molar-refractivity contribution in [3.05, 3.63) is 29.8 Å². The van der Waals surface area contributed by atoms with Crippen molar-refractivity contribution >= 4 is 11.7 Å². The number of hydrogen-bond acceptors (Lipinski definition) is 2. The van der Waals surface area contributed by atoms with E-state index in [2.05, 4.69) is 18.3 Å². The molecule has 1 saturated heterocycles. The Hall–Kier alpha value is -1.55. The molecule has 0 aliphatic carbocycles. The molecule has 18 heavy (non-hydrogen) atoms. The first-order valence-corrected chi connectivity index (χ1v) is 6.51. The molecule has 2 aliphatic heterocycles. The summed E-state index contributed by atoms with van der Waals surface area (Å²) in [6.07, 6.45) is 1.85. The number of anilines is 1. The fourth-order valence-corrected chi connectivity index (χ4v) is 2.77. The van der Waals surface area contributed by atoms with Gasteiger partial charge >= 0.3 is 6.03 Å². The molecule has 2 amide bonds. The summed E-state index contributed by atoms with van der Waals surface area (Å²) >= 11 is 0. The van der Waals surface area contributed by atoms with Gasteiger partial charge in [-0.05, 0) is 31.4 Å². The number of benzene rings is 1. The Morgan fingerprint density at radius 2 is 2.28 bits per heavy atom. The van der Waals surface area contributed by atoms with Crippen LogP contribution in [0.4, 0.5) is 10.5 Å². The number of hydrogen-bond donors (Lipinski definition) is 1.